The quantitative estimate of drug-likeness (QED) is 0.182. The Morgan fingerprint density at radius 1 is 0.600 bits per heavy atom. The summed E-state index contributed by atoms with van der Waals surface area (Å²) in [5, 5.41) is 0. The number of hydrogen-bond acceptors (Lipinski definition) is 0. The summed E-state index contributed by atoms with van der Waals surface area (Å²) in [4.78, 5) is 0. The normalized spacial score (nSPS) is 11.5. The Labute approximate surface area is 159 Å². The summed E-state index contributed by atoms with van der Waals surface area (Å²) < 4.78 is 0. The lowest BCUT2D eigenvalue weighted by molar-refractivity contribution is 0.364. The molecule has 25 heavy (non-hydrogen) atoms. The van der Waals surface area contributed by atoms with E-state index in [0.29, 0.717) is 0 Å². The molecule has 0 aliphatic rings. The van der Waals surface area contributed by atoms with Crippen LogP contribution in [0.25, 0.3) is 0 Å². The van der Waals surface area contributed by atoms with E-state index in [9.17, 15) is 0 Å². The molecule has 146 valence electrons. The van der Waals surface area contributed by atoms with Gasteiger partial charge in [0.15, 0.2) is 0 Å². The third-order valence-electron chi connectivity index (χ3n) is 5.48. The van der Waals surface area contributed by atoms with Crippen LogP contribution in [0.4, 0.5) is 0 Å². The largest absolute Gasteiger partial charge is 0.0998 e. The highest BCUT2D eigenvalue weighted by atomic mass is 14.3. The molecule has 0 saturated carbocycles. The molecule has 0 rings (SSSR count). The van der Waals surface area contributed by atoms with E-state index in [4.69, 9.17) is 0 Å². The average molecular weight is 347 g/mol. The predicted molar refractivity (Wildman–Crippen MR) is 117 cm³/mol. The van der Waals surface area contributed by atoms with E-state index in [2.05, 4.69) is 47.4 Å². The van der Waals surface area contributed by atoms with Gasteiger partial charge >= 0.3 is 0 Å². The van der Waals surface area contributed by atoms with Crippen LogP contribution in [0.1, 0.15) is 118 Å². The molecule has 0 aromatic rings. The molecule has 0 fully saturated rings. The van der Waals surface area contributed by atoms with Crippen molar-refractivity contribution in [2.45, 2.75) is 118 Å². The molecule has 0 spiro atoms. The first-order valence-corrected chi connectivity index (χ1v) is 10.9. The predicted octanol–water partition coefficient (Wildman–Crippen LogP) is 9.18. The lowest BCUT2D eigenvalue weighted by atomic mass is 9.70. The maximum absolute atomic E-state index is 4.52. The SMILES string of the molecule is C=C(CCCCC)CC(C)(CC(=C)CCCCC)C(=C)CCCCC. The molecule has 0 unspecified atom stereocenters. The summed E-state index contributed by atoms with van der Waals surface area (Å²) in [6.45, 7) is 22.5. The lowest BCUT2D eigenvalue weighted by Gasteiger charge is -2.34. The van der Waals surface area contributed by atoms with E-state index < -0.39 is 0 Å². The first-order valence-electron chi connectivity index (χ1n) is 10.9. The average Bonchev–Trinajstić information content (AvgIpc) is 2.55. The van der Waals surface area contributed by atoms with E-state index in [1.165, 1.54) is 87.3 Å². The van der Waals surface area contributed by atoms with Gasteiger partial charge in [-0.3, -0.25) is 0 Å². The molecule has 0 nitrogen and oxygen atoms in total. The van der Waals surface area contributed by atoms with E-state index in [1.54, 1.807) is 0 Å². The molecular weight excluding hydrogens is 300 g/mol. The van der Waals surface area contributed by atoms with Crippen molar-refractivity contribution in [3.05, 3.63) is 36.5 Å². The minimum Gasteiger partial charge on any atom is -0.0998 e. The van der Waals surface area contributed by atoms with Gasteiger partial charge in [0.1, 0.15) is 0 Å². The van der Waals surface area contributed by atoms with Crippen molar-refractivity contribution in [1.29, 1.82) is 0 Å². The van der Waals surface area contributed by atoms with Gasteiger partial charge in [-0.2, -0.15) is 0 Å². The van der Waals surface area contributed by atoms with Crippen LogP contribution < -0.4 is 0 Å². The van der Waals surface area contributed by atoms with Crippen molar-refractivity contribution < 1.29 is 0 Å². The summed E-state index contributed by atoms with van der Waals surface area (Å²) in [5.41, 5.74) is 4.40. The summed E-state index contributed by atoms with van der Waals surface area (Å²) >= 11 is 0. The van der Waals surface area contributed by atoms with E-state index in [0.717, 1.165) is 19.3 Å². The van der Waals surface area contributed by atoms with Gasteiger partial charge in [-0.25, -0.2) is 0 Å². The lowest BCUT2D eigenvalue weighted by Crippen LogP contribution is -2.21. The van der Waals surface area contributed by atoms with Crippen molar-refractivity contribution in [1.82, 2.24) is 0 Å². The molecule has 0 aromatic heterocycles. The minimum absolute atomic E-state index is 0.153. The highest BCUT2D eigenvalue weighted by molar-refractivity contribution is 5.19. The van der Waals surface area contributed by atoms with Gasteiger partial charge in [0.2, 0.25) is 0 Å². The Morgan fingerprint density at radius 2 is 0.960 bits per heavy atom. The van der Waals surface area contributed by atoms with Crippen LogP contribution in [0.2, 0.25) is 0 Å². The number of hydrogen-bond donors (Lipinski definition) is 0. The molecule has 0 aliphatic heterocycles. The van der Waals surface area contributed by atoms with E-state index in [-0.39, 0.29) is 5.41 Å². The van der Waals surface area contributed by atoms with Gasteiger partial charge in [-0.05, 0) is 56.8 Å². The molecule has 0 atom stereocenters. The molecule has 0 aromatic carbocycles. The van der Waals surface area contributed by atoms with Crippen LogP contribution >= 0.6 is 0 Å². The molecule has 0 N–H and O–H groups in total. The Bertz CT molecular complexity index is 361. The van der Waals surface area contributed by atoms with Gasteiger partial charge in [0.05, 0.1) is 0 Å². The summed E-state index contributed by atoms with van der Waals surface area (Å²) in [5.74, 6) is 0. The van der Waals surface area contributed by atoms with Gasteiger partial charge in [-0.15, -0.1) is 0 Å². The zero-order chi connectivity index (χ0) is 19.1. The van der Waals surface area contributed by atoms with Crippen LogP contribution in [-0.4, -0.2) is 0 Å². The Morgan fingerprint density at radius 3 is 1.32 bits per heavy atom. The van der Waals surface area contributed by atoms with Crippen LogP contribution in [-0.2, 0) is 0 Å². The van der Waals surface area contributed by atoms with Crippen LogP contribution in [0, 0.1) is 5.41 Å². The Kier molecular flexibility index (Phi) is 13.9. The summed E-state index contributed by atoms with van der Waals surface area (Å²) in [7, 11) is 0. The summed E-state index contributed by atoms with van der Waals surface area (Å²) in [6, 6.07) is 0. The molecule has 0 saturated heterocycles. The number of allylic oxidation sites excluding steroid dienone is 3. The zero-order valence-electron chi connectivity index (χ0n) is 18.0. The van der Waals surface area contributed by atoms with Gasteiger partial charge < -0.3 is 0 Å². The molecule has 0 aliphatic carbocycles. The molecule has 0 bridgehead atoms. The molecule has 0 heterocycles. The fraction of sp³-hybridized carbons (Fsp3) is 0.760. The second-order valence-corrected chi connectivity index (χ2v) is 8.39. The third-order valence-corrected chi connectivity index (χ3v) is 5.48. The topological polar surface area (TPSA) is 0 Å². The second kappa shape index (κ2) is 14.4. The van der Waals surface area contributed by atoms with Crippen molar-refractivity contribution in [3.8, 4) is 0 Å². The van der Waals surface area contributed by atoms with Crippen molar-refractivity contribution in [2.75, 3.05) is 0 Å². The van der Waals surface area contributed by atoms with Gasteiger partial charge in [0.25, 0.3) is 0 Å². The van der Waals surface area contributed by atoms with Crippen molar-refractivity contribution >= 4 is 0 Å². The molecular formula is C25H46. The highest BCUT2D eigenvalue weighted by Gasteiger charge is 2.28. The Balaban J connectivity index is 4.80. The van der Waals surface area contributed by atoms with Crippen LogP contribution in [0.3, 0.4) is 0 Å². The molecule has 0 radical (unpaired) electrons. The second-order valence-electron chi connectivity index (χ2n) is 8.39. The van der Waals surface area contributed by atoms with E-state index >= 15 is 0 Å². The minimum atomic E-state index is 0.153. The fourth-order valence-corrected chi connectivity index (χ4v) is 3.73. The number of unbranched alkanes of at least 4 members (excludes halogenated alkanes) is 6. The zero-order valence-corrected chi connectivity index (χ0v) is 18.0. The number of rotatable bonds is 17. The third kappa shape index (κ3) is 11.4. The first kappa shape index (κ1) is 24.2. The van der Waals surface area contributed by atoms with E-state index in [1.807, 2.05) is 0 Å². The standard InChI is InChI=1S/C25H46/c1-8-11-14-17-22(4)20-25(7,24(6)19-16-13-10-3)21-23(5)18-15-12-9-2/h4-6,8-21H2,1-3,7H3. The molecule has 0 heteroatoms. The maximum Gasteiger partial charge on any atom is -0.00451 e. The maximum atomic E-state index is 4.52. The highest BCUT2D eigenvalue weighted by Crippen LogP contribution is 2.42. The van der Waals surface area contributed by atoms with Crippen molar-refractivity contribution in [3.63, 3.8) is 0 Å². The van der Waals surface area contributed by atoms with Crippen molar-refractivity contribution in [2.24, 2.45) is 5.41 Å². The van der Waals surface area contributed by atoms with Crippen LogP contribution in [0.5, 0.6) is 0 Å². The first-order chi connectivity index (χ1) is 11.9. The molecule has 0 amide bonds. The smallest absolute Gasteiger partial charge is 0.00451 e. The van der Waals surface area contributed by atoms with Gasteiger partial charge in [0, 0.05) is 0 Å². The monoisotopic (exact) mass is 346 g/mol. The Hall–Kier alpha value is -0.780. The summed E-state index contributed by atoms with van der Waals surface area (Å²) in [6.07, 6.45) is 17.3. The van der Waals surface area contributed by atoms with Crippen LogP contribution in [0.15, 0.2) is 36.5 Å². The fourth-order valence-electron chi connectivity index (χ4n) is 3.73. The van der Waals surface area contributed by atoms with Gasteiger partial charge in [-0.1, -0.05) is 103 Å².